The Morgan fingerprint density at radius 1 is 1.13 bits per heavy atom. The van der Waals surface area contributed by atoms with Crippen molar-refractivity contribution in [3.05, 3.63) is 52.0 Å². The Hall–Kier alpha value is -3.65. The van der Waals surface area contributed by atoms with Gasteiger partial charge in [-0.25, -0.2) is 5.43 Å². The number of halogens is 4. The van der Waals surface area contributed by atoms with Crippen molar-refractivity contribution in [2.24, 2.45) is 5.10 Å². The number of carbonyl (C=O) groups excluding carboxylic acids is 3. The molecule has 0 unspecified atom stereocenters. The third kappa shape index (κ3) is 10.9. The number of rotatable bonds is 12. The molecule has 39 heavy (non-hydrogen) atoms. The van der Waals surface area contributed by atoms with Crippen LogP contribution in [0.5, 0.6) is 11.5 Å². The minimum Gasteiger partial charge on any atom is -0.493 e. The number of methoxy groups -OCH3 is 1. The number of hydrogen-bond donors (Lipinski definition) is 3. The lowest BCUT2D eigenvalue weighted by molar-refractivity contribution is -0.139. The first-order valence-electron chi connectivity index (χ1n) is 11.6. The number of hydrazone groups is 1. The molecule has 0 fully saturated rings. The van der Waals surface area contributed by atoms with Gasteiger partial charge in [0, 0.05) is 18.8 Å². The molecular formula is C25H28BrF3N4O6. The molecule has 0 aromatic heterocycles. The molecule has 0 spiro atoms. The molecule has 0 heterocycles. The number of amides is 3. The van der Waals surface area contributed by atoms with Crippen LogP contribution in [0.3, 0.4) is 0 Å². The van der Waals surface area contributed by atoms with Crippen LogP contribution in [-0.2, 0) is 25.3 Å². The molecule has 0 aliphatic heterocycles. The number of carbonyl (C=O) groups is 3. The van der Waals surface area contributed by atoms with Gasteiger partial charge >= 0.3 is 18.0 Å². The average molecular weight is 617 g/mol. The predicted molar refractivity (Wildman–Crippen MR) is 141 cm³/mol. The number of hydrogen-bond acceptors (Lipinski definition) is 7. The van der Waals surface area contributed by atoms with Gasteiger partial charge in [0.15, 0.2) is 18.1 Å². The summed E-state index contributed by atoms with van der Waals surface area (Å²) in [7, 11) is 1.36. The lowest BCUT2D eigenvalue weighted by Gasteiger charge is -2.14. The molecule has 0 aliphatic rings. The van der Waals surface area contributed by atoms with E-state index < -0.39 is 36.1 Å². The predicted octanol–water partition coefficient (Wildman–Crippen LogP) is 3.88. The Kier molecular flexibility index (Phi) is 12.2. The summed E-state index contributed by atoms with van der Waals surface area (Å²) in [5, 5.41) is 8.55. The normalized spacial score (nSPS) is 11.4. The van der Waals surface area contributed by atoms with Crippen LogP contribution >= 0.6 is 15.9 Å². The van der Waals surface area contributed by atoms with E-state index in [-0.39, 0.29) is 29.8 Å². The smallest absolute Gasteiger partial charge is 0.416 e. The van der Waals surface area contributed by atoms with Crippen LogP contribution in [-0.4, -0.2) is 56.9 Å². The Balaban J connectivity index is 1.91. The zero-order valence-electron chi connectivity index (χ0n) is 21.4. The molecule has 2 aromatic rings. The summed E-state index contributed by atoms with van der Waals surface area (Å²) < 4.78 is 55.1. The number of nitrogens with zero attached hydrogens (tertiary/aromatic N) is 1. The molecule has 0 saturated heterocycles. The number of nitrogens with one attached hydrogen (secondary N) is 3. The Labute approximate surface area is 231 Å². The molecule has 3 N–H and O–H groups in total. The third-order valence-electron chi connectivity index (χ3n) is 4.72. The standard InChI is InChI=1S/C25H28BrF3N4O6/c1-15(2)38-9-5-8-30-23(35)24(36)33-31-13-16-10-19(26)22(20(11-16)37-3)39-14-21(34)32-18-7-4-6-17(12-18)25(27,28)29/h4,6-7,10-13,15H,5,8-9,14H2,1-3H3,(H,30,35)(H,32,34)(H,33,36)/b31-13-. The number of ether oxygens (including phenoxy) is 3. The van der Waals surface area contributed by atoms with Crippen molar-refractivity contribution in [3.8, 4) is 11.5 Å². The molecule has 0 radical (unpaired) electrons. The highest BCUT2D eigenvalue weighted by molar-refractivity contribution is 9.10. The van der Waals surface area contributed by atoms with E-state index in [1.54, 1.807) is 6.07 Å². The molecule has 212 valence electrons. The van der Waals surface area contributed by atoms with Gasteiger partial charge in [0.25, 0.3) is 5.91 Å². The number of alkyl halides is 3. The number of anilines is 1. The van der Waals surface area contributed by atoms with Gasteiger partial charge in [0.2, 0.25) is 0 Å². The second kappa shape index (κ2) is 15.1. The van der Waals surface area contributed by atoms with Gasteiger partial charge in [-0.3, -0.25) is 14.4 Å². The summed E-state index contributed by atoms with van der Waals surface area (Å²) in [5.74, 6) is -2.14. The monoisotopic (exact) mass is 616 g/mol. The van der Waals surface area contributed by atoms with Gasteiger partial charge in [-0.15, -0.1) is 0 Å². The summed E-state index contributed by atoms with van der Waals surface area (Å²) in [6, 6.07) is 7.25. The van der Waals surface area contributed by atoms with E-state index in [1.165, 1.54) is 31.5 Å². The summed E-state index contributed by atoms with van der Waals surface area (Å²) >= 11 is 3.30. The molecule has 2 aromatic carbocycles. The zero-order valence-corrected chi connectivity index (χ0v) is 22.9. The zero-order chi connectivity index (χ0) is 29.0. The maximum atomic E-state index is 12.9. The van der Waals surface area contributed by atoms with Gasteiger partial charge in [0.05, 0.1) is 29.5 Å². The van der Waals surface area contributed by atoms with E-state index in [9.17, 15) is 27.6 Å². The van der Waals surface area contributed by atoms with Crippen LogP contribution in [0.4, 0.5) is 18.9 Å². The first kappa shape index (κ1) is 31.6. The Morgan fingerprint density at radius 2 is 1.87 bits per heavy atom. The lowest BCUT2D eigenvalue weighted by atomic mass is 10.2. The van der Waals surface area contributed by atoms with Crippen molar-refractivity contribution in [2.75, 3.05) is 32.2 Å². The van der Waals surface area contributed by atoms with Gasteiger partial charge in [-0.05, 0) is 72.1 Å². The summed E-state index contributed by atoms with van der Waals surface area (Å²) in [6.45, 7) is 3.99. The fourth-order valence-electron chi connectivity index (χ4n) is 2.95. The van der Waals surface area contributed by atoms with E-state index in [0.29, 0.717) is 23.1 Å². The Bertz CT molecular complexity index is 1190. The van der Waals surface area contributed by atoms with E-state index >= 15 is 0 Å². The molecular weight excluding hydrogens is 589 g/mol. The van der Waals surface area contributed by atoms with E-state index in [2.05, 4.69) is 37.1 Å². The largest absolute Gasteiger partial charge is 0.493 e. The van der Waals surface area contributed by atoms with Gasteiger partial charge in [0.1, 0.15) is 0 Å². The van der Waals surface area contributed by atoms with Crippen molar-refractivity contribution in [1.82, 2.24) is 10.7 Å². The quantitative estimate of drug-likeness (QED) is 0.144. The van der Waals surface area contributed by atoms with Crippen LogP contribution in [0.2, 0.25) is 0 Å². The van der Waals surface area contributed by atoms with Crippen molar-refractivity contribution < 1.29 is 41.8 Å². The highest BCUT2D eigenvalue weighted by Gasteiger charge is 2.30. The minimum absolute atomic E-state index is 0.0353. The molecule has 0 atom stereocenters. The first-order valence-corrected chi connectivity index (χ1v) is 12.4. The van der Waals surface area contributed by atoms with E-state index in [4.69, 9.17) is 14.2 Å². The maximum absolute atomic E-state index is 12.9. The molecule has 14 heteroatoms. The lowest BCUT2D eigenvalue weighted by Crippen LogP contribution is -2.38. The molecule has 0 bridgehead atoms. The molecule has 0 saturated carbocycles. The highest BCUT2D eigenvalue weighted by atomic mass is 79.9. The summed E-state index contributed by atoms with van der Waals surface area (Å²) in [5.41, 5.74) is 1.63. The van der Waals surface area contributed by atoms with Crippen LogP contribution in [0, 0.1) is 0 Å². The van der Waals surface area contributed by atoms with Crippen molar-refractivity contribution in [1.29, 1.82) is 0 Å². The fourth-order valence-corrected chi connectivity index (χ4v) is 3.53. The van der Waals surface area contributed by atoms with Gasteiger partial charge in [-0.1, -0.05) is 6.07 Å². The second-order valence-electron chi connectivity index (χ2n) is 8.18. The minimum atomic E-state index is -4.54. The summed E-state index contributed by atoms with van der Waals surface area (Å²) in [4.78, 5) is 35.9. The molecule has 10 nitrogen and oxygen atoms in total. The number of benzene rings is 2. The average Bonchev–Trinajstić information content (AvgIpc) is 2.86. The molecule has 0 aliphatic carbocycles. The van der Waals surface area contributed by atoms with Crippen molar-refractivity contribution in [3.63, 3.8) is 0 Å². The fraction of sp³-hybridized carbons (Fsp3) is 0.360. The van der Waals surface area contributed by atoms with Gasteiger partial charge in [-0.2, -0.15) is 18.3 Å². The third-order valence-corrected chi connectivity index (χ3v) is 5.31. The van der Waals surface area contributed by atoms with Crippen molar-refractivity contribution in [2.45, 2.75) is 32.5 Å². The van der Waals surface area contributed by atoms with Crippen LogP contribution in [0.25, 0.3) is 0 Å². The van der Waals surface area contributed by atoms with Gasteiger partial charge < -0.3 is 24.8 Å². The van der Waals surface area contributed by atoms with Crippen LogP contribution in [0.15, 0.2) is 46.0 Å². The topological polar surface area (TPSA) is 127 Å². The maximum Gasteiger partial charge on any atom is 0.416 e. The van der Waals surface area contributed by atoms with E-state index in [1.807, 2.05) is 13.8 Å². The van der Waals surface area contributed by atoms with E-state index in [0.717, 1.165) is 12.1 Å². The highest BCUT2D eigenvalue weighted by Crippen LogP contribution is 2.36. The Morgan fingerprint density at radius 3 is 2.54 bits per heavy atom. The van der Waals surface area contributed by atoms with Crippen LogP contribution in [0.1, 0.15) is 31.4 Å². The van der Waals surface area contributed by atoms with Crippen molar-refractivity contribution >= 4 is 45.6 Å². The molecule has 2 rings (SSSR count). The van der Waals surface area contributed by atoms with Crippen LogP contribution < -0.4 is 25.5 Å². The SMILES string of the molecule is COc1cc(/C=N\NC(=O)C(=O)NCCCOC(C)C)cc(Br)c1OCC(=O)Nc1cccc(C(F)(F)F)c1. The first-order chi connectivity index (χ1) is 18.4. The molecule has 3 amide bonds. The second-order valence-corrected chi connectivity index (χ2v) is 9.03. The summed E-state index contributed by atoms with van der Waals surface area (Å²) in [6.07, 6.45) is -2.65.